The molecule has 7 heteroatoms. The number of carbonyl (C=O) groups excluding carboxylic acids is 2. The zero-order valence-electron chi connectivity index (χ0n) is 11.5. The van der Waals surface area contributed by atoms with E-state index in [1.54, 1.807) is 6.92 Å². The van der Waals surface area contributed by atoms with Crippen molar-refractivity contribution in [2.24, 2.45) is 0 Å². The number of hydrogen-bond acceptors (Lipinski definition) is 5. The zero-order chi connectivity index (χ0) is 15.0. The summed E-state index contributed by atoms with van der Waals surface area (Å²) in [5.41, 5.74) is 0.201. The number of hydrogen-bond donors (Lipinski definition) is 0. The molecule has 0 aliphatic rings. The molecule has 1 aromatic heterocycles. The van der Waals surface area contributed by atoms with E-state index in [0.29, 0.717) is 0 Å². The van der Waals surface area contributed by atoms with E-state index in [0.717, 1.165) is 12.3 Å². The summed E-state index contributed by atoms with van der Waals surface area (Å²) >= 11 is 0. The Bertz CT molecular complexity index is 450. The first kappa shape index (κ1) is 16.0. The lowest BCUT2D eigenvalue weighted by molar-refractivity contribution is -0.143. The Hall–Kier alpha value is -2.02. The summed E-state index contributed by atoms with van der Waals surface area (Å²) in [5.74, 6) is -1.61. The second-order valence-corrected chi connectivity index (χ2v) is 3.89. The van der Waals surface area contributed by atoms with Crippen LogP contribution in [0.15, 0.2) is 18.3 Å². The van der Waals surface area contributed by atoms with E-state index < -0.39 is 17.8 Å². The Morgan fingerprint density at radius 1 is 1.40 bits per heavy atom. The minimum atomic E-state index is -0.671. The maximum Gasteiger partial charge on any atom is 0.325 e. The highest BCUT2D eigenvalue weighted by atomic mass is 19.1. The summed E-state index contributed by atoms with van der Waals surface area (Å²) < 4.78 is 22.4. The standard InChI is InChI=1S/C13H17FN2O4/c1-3-20-12(17)9-16(6-7-19-2)13(18)10-4-5-11(14)15-8-10/h4-5,8H,3,6-7,9H2,1-2H3. The molecular weight excluding hydrogens is 267 g/mol. The van der Waals surface area contributed by atoms with Crippen molar-refractivity contribution >= 4 is 11.9 Å². The van der Waals surface area contributed by atoms with Crippen molar-refractivity contribution < 1.29 is 23.5 Å². The molecule has 0 unspecified atom stereocenters. The van der Waals surface area contributed by atoms with E-state index in [9.17, 15) is 14.0 Å². The molecule has 20 heavy (non-hydrogen) atoms. The van der Waals surface area contributed by atoms with Crippen molar-refractivity contribution in [1.29, 1.82) is 0 Å². The van der Waals surface area contributed by atoms with Gasteiger partial charge in [-0.15, -0.1) is 0 Å². The van der Waals surface area contributed by atoms with Gasteiger partial charge in [0.15, 0.2) is 0 Å². The number of nitrogens with zero attached hydrogens (tertiary/aromatic N) is 2. The fourth-order valence-corrected chi connectivity index (χ4v) is 1.50. The highest BCUT2D eigenvalue weighted by molar-refractivity contribution is 5.95. The van der Waals surface area contributed by atoms with Gasteiger partial charge in [0.1, 0.15) is 6.54 Å². The van der Waals surface area contributed by atoms with E-state index >= 15 is 0 Å². The SMILES string of the molecule is CCOC(=O)CN(CCOC)C(=O)c1ccc(F)nc1. The molecule has 0 aliphatic heterocycles. The van der Waals surface area contributed by atoms with E-state index in [2.05, 4.69) is 4.98 Å². The molecule has 110 valence electrons. The molecule has 0 N–H and O–H groups in total. The molecular formula is C13H17FN2O4. The van der Waals surface area contributed by atoms with Crippen molar-refractivity contribution in [1.82, 2.24) is 9.88 Å². The number of pyridine rings is 1. The smallest absolute Gasteiger partial charge is 0.325 e. The van der Waals surface area contributed by atoms with Gasteiger partial charge in [-0.25, -0.2) is 4.98 Å². The third kappa shape index (κ3) is 4.93. The number of amides is 1. The van der Waals surface area contributed by atoms with Gasteiger partial charge >= 0.3 is 5.97 Å². The third-order valence-electron chi connectivity index (χ3n) is 2.45. The van der Waals surface area contributed by atoms with Crippen LogP contribution < -0.4 is 0 Å². The zero-order valence-corrected chi connectivity index (χ0v) is 11.5. The summed E-state index contributed by atoms with van der Waals surface area (Å²) in [7, 11) is 1.49. The van der Waals surface area contributed by atoms with Gasteiger partial charge in [-0.1, -0.05) is 0 Å². The first-order valence-electron chi connectivity index (χ1n) is 6.13. The second-order valence-electron chi connectivity index (χ2n) is 3.89. The highest BCUT2D eigenvalue weighted by Gasteiger charge is 2.19. The molecule has 1 heterocycles. The van der Waals surface area contributed by atoms with Crippen LogP contribution in [0, 0.1) is 5.95 Å². The van der Waals surface area contributed by atoms with Gasteiger partial charge in [0.05, 0.1) is 18.8 Å². The largest absolute Gasteiger partial charge is 0.465 e. The molecule has 0 bridgehead atoms. The van der Waals surface area contributed by atoms with Crippen LogP contribution in [0.2, 0.25) is 0 Å². The molecule has 0 saturated heterocycles. The van der Waals surface area contributed by atoms with Gasteiger partial charge in [-0.2, -0.15) is 4.39 Å². The lowest BCUT2D eigenvalue weighted by Crippen LogP contribution is -2.38. The Labute approximate surface area is 116 Å². The predicted molar refractivity (Wildman–Crippen MR) is 68.6 cm³/mol. The molecule has 0 saturated carbocycles. The first-order valence-corrected chi connectivity index (χ1v) is 6.13. The van der Waals surface area contributed by atoms with E-state index in [1.165, 1.54) is 18.1 Å². The van der Waals surface area contributed by atoms with Gasteiger partial charge < -0.3 is 14.4 Å². The van der Waals surface area contributed by atoms with Crippen molar-refractivity contribution in [3.05, 3.63) is 29.8 Å². The molecule has 0 aliphatic carbocycles. The minimum absolute atomic E-state index is 0.187. The van der Waals surface area contributed by atoms with Crippen LogP contribution >= 0.6 is 0 Å². The minimum Gasteiger partial charge on any atom is -0.465 e. The van der Waals surface area contributed by atoms with Crippen LogP contribution in [0.1, 0.15) is 17.3 Å². The maximum absolute atomic E-state index is 12.7. The van der Waals surface area contributed by atoms with Crippen molar-refractivity contribution in [2.75, 3.05) is 33.4 Å². The van der Waals surface area contributed by atoms with Gasteiger partial charge in [-0.3, -0.25) is 9.59 Å². The summed E-state index contributed by atoms with van der Waals surface area (Å²) in [6.07, 6.45) is 1.13. The molecule has 1 amide bonds. The average molecular weight is 284 g/mol. The monoisotopic (exact) mass is 284 g/mol. The summed E-state index contributed by atoms with van der Waals surface area (Å²) in [6, 6.07) is 2.40. The Morgan fingerprint density at radius 2 is 2.15 bits per heavy atom. The summed E-state index contributed by atoms with van der Waals surface area (Å²) in [4.78, 5) is 28.4. The van der Waals surface area contributed by atoms with Crippen LogP contribution in [0.3, 0.4) is 0 Å². The second kappa shape index (κ2) is 8.21. The third-order valence-corrected chi connectivity index (χ3v) is 2.45. The molecule has 0 atom stereocenters. The van der Waals surface area contributed by atoms with Gasteiger partial charge in [-0.05, 0) is 19.1 Å². The van der Waals surface area contributed by atoms with Crippen LogP contribution in [-0.4, -0.2) is 55.2 Å². The average Bonchev–Trinajstić information content (AvgIpc) is 2.44. The molecule has 1 aromatic rings. The number of carbonyl (C=O) groups is 2. The fraction of sp³-hybridized carbons (Fsp3) is 0.462. The Balaban J connectivity index is 2.77. The topological polar surface area (TPSA) is 68.7 Å². The van der Waals surface area contributed by atoms with Crippen LogP contribution in [0.5, 0.6) is 0 Å². The van der Waals surface area contributed by atoms with Crippen molar-refractivity contribution in [2.45, 2.75) is 6.92 Å². The molecule has 6 nitrogen and oxygen atoms in total. The van der Waals surface area contributed by atoms with E-state index in [-0.39, 0.29) is 31.9 Å². The predicted octanol–water partition coefficient (Wildman–Crippen LogP) is 0.872. The van der Waals surface area contributed by atoms with E-state index in [4.69, 9.17) is 9.47 Å². The summed E-state index contributed by atoms with van der Waals surface area (Å²) in [5, 5.41) is 0. The fourth-order valence-electron chi connectivity index (χ4n) is 1.50. The Morgan fingerprint density at radius 3 is 2.70 bits per heavy atom. The van der Waals surface area contributed by atoms with Gasteiger partial charge in [0.2, 0.25) is 5.95 Å². The molecule has 0 fully saturated rings. The number of halogens is 1. The molecule has 0 aromatic carbocycles. The number of methoxy groups -OCH3 is 1. The van der Waals surface area contributed by atoms with Gasteiger partial charge in [0, 0.05) is 19.9 Å². The molecule has 1 rings (SSSR count). The molecule has 0 spiro atoms. The Kier molecular flexibility index (Phi) is 6.58. The quantitative estimate of drug-likeness (QED) is 0.549. The lowest BCUT2D eigenvalue weighted by Gasteiger charge is -2.21. The van der Waals surface area contributed by atoms with Gasteiger partial charge in [0.25, 0.3) is 5.91 Å². The number of aromatic nitrogens is 1. The summed E-state index contributed by atoms with van der Waals surface area (Å²) in [6.45, 7) is 2.24. The van der Waals surface area contributed by atoms with E-state index in [1.807, 2.05) is 0 Å². The van der Waals surface area contributed by atoms with Crippen molar-refractivity contribution in [3.8, 4) is 0 Å². The normalized spacial score (nSPS) is 10.2. The number of esters is 1. The van der Waals surface area contributed by atoms with Crippen LogP contribution in [-0.2, 0) is 14.3 Å². The van der Waals surface area contributed by atoms with Crippen molar-refractivity contribution in [3.63, 3.8) is 0 Å². The first-order chi connectivity index (χ1) is 9.58. The molecule has 0 radical (unpaired) electrons. The van der Waals surface area contributed by atoms with Crippen LogP contribution in [0.25, 0.3) is 0 Å². The maximum atomic E-state index is 12.7. The lowest BCUT2D eigenvalue weighted by atomic mass is 10.2. The number of ether oxygens (including phenoxy) is 2. The van der Waals surface area contributed by atoms with Crippen LogP contribution in [0.4, 0.5) is 4.39 Å². The highest BCUT2D eigenvalue weighted by Crippen LogP contribution is 2.05. The number of rotatable bonds is 7.